The predicted molar refractivity (Wildman–Crippen MR) is 137 cm³/mol. The van der Waals surface area contributed by atoms with Gasteiger partial charge in [0.05, 0.1) is 17.8 Å². The van der Waals surface area contributed by atoms with Crippen molar-refractivity contribution >= 4 is 40.6 Å². The largest absolute Gasteiger partial charge is 0.494 e. The van der Waals surface area contributed by atoms with E-state index in [0.29, 0.717) is 22.4 Å². The Balaban J connectivity index is 1.72. The number of rotatable bonds is 9. The molecule has 2 aromatic carbocycles. The van der Waals surface area contributed by atoms with Gasteiger partial charge in [-0.15, -0.1) is 6.42 Å². The monoisotopic (exact) mass is 495 g/mol. The molecule has 8 heteroatoms. The molecule has 3 rings (SSSR count). The predicted octanol–water partition coefficient (Wildman–Crippen LogP) is 3.71. The standard InChI is InChI=1S/C26H26ClN3O3S/c1-4-11-28-23(31)24(32)29-15-19-7-5-6-8-22(19)25(34)30-26(9-10-26)20-12-18(13-21(27)14-20)16-33-17(2)3/h1,5-8,12-14H,2,9-11,15-16H2,3H3,(H,28,31)(H,29,32)(H,30,34). The summed E-state index contributed by atoms with van der Waals surface area (Å²) in [6, 6.07) is 13.3. The van der Waals surface area contributed by atoms with E-state index in [-0.39, 0.29) is 18.6 Å². The Labute approximate surface area is 210 Å². The second-order valence-electron chi connectivity index (χ2n) is 8.10. The highest BCUT2D eigenvalue weighted by molar-refractivity contribution is 7.80. The zero-order valence-electron chi connectivity index (χ0n) is 18.9. The van der Waals surface area contributed by atoms with Gasteiger partial charge in [0, 0.05) is 17.1 Å². The number of halogens is 1. The molecule has 0 bridgehead atoms. The first-order valence-electron chi connectivity index (χ1n) is 10.7. The van der Waals surface area contributed by atoms with E-state index in [9.17, 15) is 9.59 Å². The van der Waals surface area contributed by atoms with Crippen molar-refractivity contribution in [3.05, 3.63) is 82.1 Å². The minimum absolute atomic E-state index is 0.0104. The van der Waals surface area contributed by atoms with Gasteiger partial charge in [-0.2, -0.15) is 0 Å². The summed E-state index contributed by atoms with van der Waals surface area (Å²) in [6.07, 6.45) is 6.91. The molecular formula is C26H26ClN3O3S. The number of hydrogen-bond donors (Lipinski definition) is 3. The number of terminal acetylenes is 1. The summed E-state index contributed by atoms with van der Waals surface area (Å²) in [5.41, 5.74) is 3.25. The van der Waals surface area contributed by atoms with Crippen LogP contribution in [-0.2, 0) is 33.0 Å². The second-order valence-corrected chi connectivity index (χ2v) is 8.95. The van der Waals surface area contributed by atoms with E-state index in [2.05, 4.69) is 34.5 Å². The van der Waals surface area contributed by atoms with Crippen LogP contribution in [0, 0.1) is 12.3 Å². The molecule has 0 spiro atoms. The fraction of sp³-hybridized carbons (Fsp3) is 0.269. The van der Waals surface area contributed by atoms with Crippen molar-refractivity contribution in [2.45, 2.75) is 38.5 Å². The van der Waals surface area contributed by atoms with Crippen molar-refractivity contribution < 1.29 is 14.3 Å². The minimum atomic E-state index is -0.777. The zero-order valence-corrected chi connectivity index (χ0v) is 20.4. The fourth-order valence-corrected chi connectivity index (χ4v) is 4.13. The summed E-state index contributed by atoms with van der Waals surface area (Å²) >= 11 is 12.1. The molecule has 2 amide bonds. The molecule has 176 valence electrons. The molecule has 3 N–H and O–H groups in total. The average molecular weight is 496 g/mol. The molecule has 1 aliphatic carbocycles. The highest BCUT2D eigenvalue weighted by Crippen LogP contribution is 2.46. The van der Waals surface area contributed by atoms with Gasteiger partial charge in [-0.05, 0) is 54.7 Å². The maximum atomic E-state index is 12.0. The van der Waals surface area contributed by atoms with E-state index >= 15 is 0 Å². The Morgan fingerprint density at radius 2 is 1.91 bits per heavy atom. The van der Waals surface area contributed by atoms with Crippen molar-refractivity contribution in [3.63, 3.8) is 0 Å². The van der Waals surface area contributed by atoms with Crippen molar-refractivity contribution in [3.8, 4) is 12.3 Å². The molecular weight excluding hydrogens is 470 g/mol. The SMILES string of the molecule is C#CCNC(=O)C(=O)NCc1ccccc1C(=S)NC1(c2cc(Cl)cc(COC(=C)C)c2)CC1. The Morgan fingerprint density at radius 3 is 2.59 bits per heavy atom. The molecule has 0 unspecified atom stereocenters. The number of hydrogen-bond acceptors (Lipinski definition) is 4. The Morgan fingerprint density at radius 1 is 1.21 bits per heavy atom. The Kier molecular flexibility index (Phi) is 8.32. The van der Waals surface area contributed by atoms with Gasteiger partial charge in [0.1, 0.15) is 11.6 Å². The van der Waals surface area contributed by atoms with Crippen molar-refractivity contribution in [2.24, 2.45) is 0 Å². The first kappa shape index (κ1) is 25.3. The lowest BCUT2D eigenvalue weighted by molar-refractivity contribution is -0.139. The Bertz CT molecular complexity index is 1170. The first-order chi connectivity index (χ1) is 16.2. The molecule has 1 aliphatic rings. The normalized spacial score (nSPS) is 13.2. The summed E-state index contributed by atoms with van der Waals surface area (Å²) in [4.78, 5) is 24.3. The van der Waals surface area contributed by atoms with Gasteiger partial charge < -0.3 is 20.7 Å². The van der Waals surface area contributed by atoms with Gasteiger partial charge in [0.15, 0.2) is 0 Å². The number of benzene rings is 2. The van der Waals surface area contributed by atoms with E-state index < -0.39 is 11.8 Å². The lowest BCUT2D eigenvalue weighted by atomic mass is 10.0. The zero-order chi connectivity index (χ0) is 24.7. The van der Waals surface area contributed by atoms with Crippen LogP contribution in [0.2, 0.25) is 5.02 Å². The molecule has 1 fully saturated rings. The Hall–Kier alpha value is -3.34. The molecule has 0 heterocycles. The van der Waals surface area contributed by atoms with Gasteiger partial charge in [0.25, 0.3) is 0 Å². The van der Waals surface area contributed by atoms with Crippen LogP contribution >= 0.6 is 23.8 Å². The molecule has 2 aromatic rings. The van der Waals surface area contributed by atoms with Crippen molar-refractivity contribution in [1.82, 2.24) is 16.0 Å². The molecule has 0 saturated heterocycles. The second kappa shape index (κ2) is 11.2. The third-order valence-corrected chi connectivity index (χ3v) is 5.90. The molecule has 0 atom stereocenters. The fourth-order valence-electron chi connectivity index (χ4n) is 3.48. The number of carbonyl (C=O) groups is 2. The van der Waals surface area contributed by atoms with Crippen LogP contribution in [0.1, 0.15) is 42.0 Å². The number of nitrogens with one attached hydrogen (secondary N) is 3. The number of allylic oxidation sites excluding steroid dienone is 1. The molecule has 0 aromatic heterocycles. The molecule has 6 nitrogen and oxygen atoms in total. The minimum Gasteiger partial charge on any atom is -0.494 e. The molecule has 34 heavy (non-hydrogen) atoms. The first-order valence-corrected chi connectivity index (χ1v) is 11.5. The van der Waals surface area contributed by atoms with Gasteiger partial charge in [-0.25, -0.2) is 0 Å². The molecule has 0 radical (unpaired) electrons. The summed E-state index contributed by atoms with van der Waals surface area (Å²) in [5, 5.41) is 9.07. The van der Waals surface area contributed by atoms with E-state index in [1.165, 1.54) is 0 Å². The molecule has 1 saturated carbocycles. The number of thiocarbonyl (C=S) groups is 1. The van der Waals surface area contributed by atoms with Crippen LogP contribution < -0.4 is 16.0 Å². The highest BCUT2D eigenvalue weighted by Gasteiger charge is 2.45. The summed E-state index contributed by atoms with van der Waals surface area (Å²) in [7, 11) is 0. The lowest BCUT2D eigenvalue weighted by Gasteiger charge is -2.22. The van der Waals surface area contributed by atoms with Crippen molar-refractivity contribution in [1.29, 1.82) is 0 Å². The average Bonchev–Trinajstić information content (AvgIpc) is 3.60. The summed E-state index contributed by atoms with van der Waals surface area (Å²) in [6.45, 7) is 6.09. The van der Waals surface area contributed by atoms with Gasteiger partial charge in [-0.3, -0.25) is 9.59 Å². The van der Waals surface area contributed by atoms with E-state index in [1.54, 1.807) is 6.92 Å². The number of ether oxygens (including phenoxy) is 1. The highest BCUT2D eigenvalue weighted by atomic mass is 35.5. The lowest BCUT2D eigenvalue weighted by Crippen LogP contribution is -2.40. The summed E-state index contributed by atoms with van der Waals surface area (Å²) in [5.74, 6) is 1.36. The maximum Gasteiger partial charge on any atom is 0.310 e. The maximum absolute atomic E-state index is 12.0. The summed E-state index contributed by atoms with van der Waals surface area (Å²) < 4.78 is 5.55. The quantitative estimate of drug-likeness (QED) is 0.214. The van der Waals surface area contributed by atoms with Crippen LogP contribution in [0.5, 0.6) is 0 Å². The van der Waals surface area contributed by atoms with Crippen LogP contribution in [0.4, 0.5) is 0 Å². The third-order valence-electron chi connectivity index (χ3n) is 5.36. The van der Waals surface area contributed by atoms with E-state index in [4.69, 9.17) is 35.0 Å². The van der Waals surface area contributed by atoms with Crippen LogP contribution in [0.25, 0.3) is 0 Å². The van der Waals surface area contributed by atoms with Crippen LogP contribution in [0.3, 0.4) is 0 Å². The van der Waals surface area contributed by atoms with Crippen molar-refractivity contribution in [2.75, 3.05) is 6.54 Å². The molecule has 0 aliphatic heterocycles. The topological polar surface area (TPSA) is 79.5 Å². The van der Waals surface area contributed by atoms with Crippen LogP contribution in [-0.4, -0.2) is 23.3 Å². The smallest absolute Gasteiger partial charge is 0.310 e. The van der Waals surface area contributed by atoms with E-state index in [0.717, 1.165) is 35.1 Å². The van der Waals surface area contributed by atoms with Crippen LogP contribution in [0.15, 0.2) is 54.8 Å². The van der Waals surface area contributed by atoms with Gasteiger partial charge in [0.2, 0.25) is 0 Å². The third kappa shape index (κ3) is 6.60. The van der Waals surface area contributed by atoms with E-state index in [1.807, 2.05) is 36.4 Å². The number of carbonyl (C=O) groups excluding carboxylic acids is 2. The van der Waals surface area contributed by atoms with Gasteiger partial charge >= 0.3 is 11.8 Å². The van der Waals surface area contributed by atoms with Gasteiger partial charge in [-0.1, -0.05) is 60.6 Å². The number of amides is 2.